The number of hydrogen-bond acceptors (Lipinski definition) is 5. The molecule has 4 heterocycles. The van der Waals surface area contributed by atoms with E-state index in [-0.39, 0.29) is 5.60 Å². The van der Waals surface area contributed by atoms with Gasteiger partial charge in [0.15, 0.2) is 0 Å². The molecule has 2 bridgehead atoms. The van der Waals surface area contributed by atoms with Crippen LogP contribution in [0.25, 0.3) is 0 Å². The van der Waals surface area contributed by atoms with Crippen molar-refractivity contribution in [3.05, 3.63) is 0 Å². The Balaban J connectivity index is 1.22. The lowest BCUT2D eigenvalue weighted by atomic mass is 9.70. The number of fused-ring (bicyclic) bond motifs is 2. The number of hydrogen-bond donors (Lipinski definition) is 4. The quantitative estimate of drug-likeness (QED) is 0.568. The highest BCUT2D eigenvalue weighted by Gasteiger charge is 2.52. The summed E-state index contributed by atoms with van der Waals surface area (Å²) in [5.74, 6) is 3.03. The van der Waals surface area contributed by atoms with Crippen LogP contribution in [-0.4, -0.2) is 49.4 Å². The van der Waals surface area contributed by atoms with Gasteiger partial charge in [0.1, 0.15) is 0 Å². The van der Waals surface area contributed by atoms with Gasteiger partial charge in [-0.1, -0.05) is 0 Å². The number of hydrazine groups is 1. The third-order valence-electron chi connectivity index (χ3n) is 7.68. The van der Waals surface area contributed by atoms with E-state index in [0.29, 0.717) is 23.5 Å². The molecule has 4 atom stereocenters. The van der Waals surface area contributed by atoms with Gasteiger partial charge in [-0.05, 0) is 69.2 Å². The number of ether oxygens (including phenoxy) is 1. The second kappa shape index (κ2) is 6.92. The molecule has 6 rings (SSSR count). The summed E-state index contributed by atoms with van der Waals surface area (Å²) >= 11 is 6.33. The van der Waals surface area contributed by atoms with Crippen LogP contribution in [-0.2, 0) is 4.74 Å². The lowest BCUT2D eigenvalue weighted by Crippen LogP contribution is -2.71. The number of alkyl halides is 1. The van der Waals surface area contributed by atoms with Gasteiger partial charge >= 0.3 is 0 Å². The van der Waals surface area contributed by atoms with Gasteiger partial charge in [0.05, 0.1) is 18.4 Å². The van der Waals surface area contributed by atoms with E-state index in [1.54, 1.807) is 0 Å². The molecule has 4 aliphatic heterocycles. The van der Waals surface area contributed by atoms with Gasteiger partial charge in [-0.2, -0.15) is 0 Å². The molecule has 0 amide bonds. The van der Waals surface area contributed by atoms with Crippen LogP contribution in [0.3, 0.4) is 0 Å². The largest absolute Gasteiger partial charge is 0.373 e. The van der Waals surface area contributed by atoms with E-state index in [1.807, 2.05) is 0 Å². The molecular weight excluding hydrogens is 336 g/mol. The van der Waals surface area contributed by atoms with E-state index in [0.717, 1.165) is 44.0 Å². The minimum atomic E-state index is 0.152. The third-order valence-corrected chi connectivity index (χ3v) is 8.12. The summed E-state index contributed by atoms with van der Waals surface area (Å²) in [6.45, 7) is 4.26. The SMILES string of the molecule is ClC1CCC(C2NNC(NCC34CC(CO3)C4)C3CNCCC32)CC1. The Morgan fingerprint density at radius 3 is 2.64 bits per heavy atom. The molecule has 0 spiro atoms. The predicted octanol–water partition coefficient (Wildman–Crippen LogP) is 1.58. The van der Waals surface area contributed by atoms with Crippen LogP contribution < -0.4 is 21.5 Å². The highest BCUT2D eigenvalue weighted by atomic mass is 35.5. The first kappa shape index (κ1) is 17.2. The molecule has 4 unspecified atom stereocenters. The molecule has 142 valence electrons. The molecule has 5 nitrogen and oxygen atoms in total. The molecule has 2 saturated carbocycles. The Labute approximate surface area is 156 Å². The van der Waals surface area contributed by atoms with Crippen molar-refractivity contribution in [3.8, 4) is 0 Å². The van der Waals surface area contributed by atoms with Gasteiger partial charge < -0.3 is 10.1 Å². The van der Waals surface area contributed by atoms with Crippen LogP contribution in [0.4, 0.5) is 0 Å². The predicted molar refractivity (Wildman–Crippen MR) is 99.3 cm³/mol. The summed E-state index contributed by atoms with van der Waals surface area (Å²) in [5, 5.41) is 7.85. The van der Waals surface area contributed by atoms with E-state index in [4.69, 9.17) is 16.3 Å². The number of piperidine rings is 1. The summed E-state index contributed by atoms with van der Waals surface area (Å²) in [4.78, 5) is 0. The highest BCUT2D eigenvalue weighted by Crippen LogP contribution is 2.48. The number of nitrogens with one attached hydrogen (secondary N) is 4. The molecule has 6 heteroatoms. The summed E-state index contributed by atoms with van der Waals surface area (Å²) in [6, 6.07) is 0.600. The first-order chi connectivity index (χ1) is 12.2. The highest BCUT2D eigenvalue weighted by molar-refractivity contribution is 6.20. The Hall–Kier alpha value is 0.0900. The monoisotopic (exact) mass is 368 g/mol. The normalized spacial score (nSPS) is 52.4. The van der Waals surface area contributed by atoms with Crippen molar-refractivity contribution in [2.24, 2.45) is 23.7 Å². The van der Waals surface area contributed by atoms with Crippen molar-refractivity contribution in [2.75, 3.05) is 26.2 Å². The van der Waals surface area contributed by atoms with Crippen molar-refractivity contribution < 1.29 is 4.74 Å². The fourth-order valence-electron chi connectivity index (χ4n) is 6.24. The van der Waals surface area contributed by atoms with Crippen LogP contribution in [0.1, 0.15) is 44.9 Å². The van der Waals surface area contributed by atoms with Crippen molar-refractivity contribution in [1.82, 2.24) is 21.5 Å². The molecule has 6 aliphatic rings. The Morgan fingerprint density at radius 1 is 1.04 bits per heavy atom. The standard InChI is InChI=1S/C19H33ClN4O/c20-14-3-1-13(2-4-14)17-15-5-6-21-9-16(15)18(24-23-17)22-11-19-7-12(8-19)10-25-19/h12-18,21-24H,1-11H2. The van der Waals surface area contributed by atoms with E-state index in [2.05, 4.69) is 21.5 Å². The summed E-state index contributed by atoms with van der Waals surface area (Å²) in [6.07, 6.45) is 9.07. The number of rotatable bonds is 4. The Morgan fingerprint density at radius 2 is 1.88 bits per heavy atom. The third kappa shape index (κ3) is 3.26. The van der Waals surface area contributed by atoms with Gasteiger partial charge in [0, 0.05) is 30.4 Å². The zero-order chi connectivity index (χ0) is 16.9. The molecule has 4 saturated heterocycles. The first-order valence-corrected chi connectivity index (χ1v) is 10.9. The van der Waals surface area contributed by atoms with Crippen molar-refractivity contribution in [3.63, 3.8) is 0 Å². The summed E-state index contributed by atoms with van der Waals surface area (Å²) < 4.78 is 6.03. The lowest BCUT2D eigenvalue weighted by molar-refractivity contribution is -0.0169. The summed E-state index contributed by atoms with van der Waals surface area (Å²) in [5.41, 5.74) is 7.53. The maximum Gasteiger partial charge on any atom is 0.0814 e. The molecule has 25 heavy (non-hydrogen) atoms. The fourth-order valence-corrected chi connectivity index (χ4v) is 6.49. The van der Waals surface area contributed by atoms with Crippen LogP contribution in [0.2, 0.25) is 0 Å². The zero-order valence-corrected chi connectivity index (χ0v) is 15.9. The molecular formula is C19H33ClN4O. The van der Waals surface area contributed by atoms with Crippen LogP contribution in [0.5, 0.6) is 0 Å². The zero-order valence-electron chi connectivity index (χ0n) is 15.1. The second-order valence-corrected chi connectivity index (χ2v) is 9.89. The van der Waals surface area contributed by atoms with Crippen LogP contribution in [0.15, 0.2) is 0 Å². The number of halogens is 1. The smallest absolute Gasteiger partial charge is 0.0814 e. The molecule has 0 radical (unpaired) electrons. The summed E-state index contributed by atoms with van der Waals surface area (Å²) in [7, 11) is 0. The van der Waals surface area contributed by atoms with E-state index >= 15 is 0 Å². The van der Waals surface area contributed by atoms with Crippen molar-refractivity contribution >= 4 is 11.6 Å². The molecule has 6 fully saturated rings. The van der Waals surface area contributed by atoms with E-state index in [9.17, 15) is 0 Å². The average Bonchev–Trinajstić information content (AvgIpc) is 3.21. The van der Waals surface area contributed by atoms with E-state index < -0.39 is 0 Å². The van der Waals surface area contributed by atoms with Gasteiger partial charge in [0.2, 0.25) is 0 Å². The van der Waals surface area contributed by atoms with E-state index in [1.165, 1.54) is 44.9 Å². The molecule has 0 aromatic carbocycles. The minimum absolute atomic E-state index is 0.152. The molecule has 0 aromatic heterocycles. The molecule has 4 N–H and O–H groups in total. The Kier molecular flexibility index (Phi) is 4.76. The molecule has 2 aliphatic carbocycles. The first-order valence-electron chi connectivity index (χ1n) is 10.5. The van der Waals surface area contributed by atoms with Crippen LogP contribution >= 0.6 is 11.6 Å². The van der Waals surface area contributed by atoms with Crippen LogP contribution in [0, 0.1) is 23.7 Å². The second-order valence-electron chi connectivity index (χ2n) is 9.27. The maximum atomic E-state index is 6.33. The molecule has 0 aromatic rings. The lowest BCUT2D eigenvalue weighted by Gasteiger charge is -2.51. The fraction of sp³-hybridized carbons (Fsp3) is 1.00. The minimum Gasteiger partial charge on any atom is -0.373 e. The average molecular weight is 369 g/mol. The van der Waals surface area contributed by atoms with Crippen molar-refractivity contribution in [2.45, 2.75) is 68.1 Å². The van der Waals surface area contributed by atoms with Gasteiger partial charge in [0.25, 0.3) is 0 Å². The van der Waals surface area contributed by atoms with Gasteiger partial charge in [-0.15, -0.1) is 11.6 Å². The van der Waals surface area contributed by atoms with Crippen molar-refractivity contribution in [1.29, 1.82) is 0 Å². The van der Waals surface area contributed by atoms with Gasteiger partial charge in [-0.3, -0.25) is 10.7 Å². The maximum absolute atomic E-state index is 6.33. The Bertz CT molecular complexity index is 473. The van der Waals surface area contributed by atoms with Gasteiger partial charge in [-0.25, -0.2) is 5.43 Å². The topological polar surface area (TPSA) is 57.3 Å².